The zero-order chi connectivity index (χ0) is 20.3. The lowest BCUT2D eigenvalue weighted by Gasteiger charge is -2.23. The van der Waals surface area contributed by atoms with Crippen LogP contribution < -0.4 is 21.7 Å². The standard InChI is InChI=1S/C20H32N4O3/c1-20(2,3)24-18(26)14-16(19(27)22-13-7-12-21)23-17(25)11-10-15-8-5-4-6-9-15/h4-6,8-9,16H,7,10-14,21H2,1-3H3,(H,22,27)(H,23,25)(H,24,26)/t16-/m0/s1. The maximum Gasteiger partial charge on any atom is 0.243 e. The van der Waals surface area contributed by atoms with Gasteiger partial charge in [0.1, 0.15) is 6.04 Å². The van der Waals surface area contributed by atoms with Crippen LogP contribution in [0.25, 0.3) is 0 Å². The summed E-state index contributed by atoms with van der Waals surface area (Å²) >= 11 is 0. The Balaban J connectivity index is 2.64. The van der Waals surface area contributed by atoms with Crippen LogP contribution in [0.2, 0.25) is 0 Å². The molecular formula is C20H32N4O3. The number of nitrogens with two attached hydrogens (primary N) is 1. The molecule has 150 valence electrons. The molecule has 5 N–H and O–H groups in total. The molecule has 1 atom stereocenters. The summed E-state index contributed by atoms with van der Waals surface area (Å²) in [5.74, 6) is -0.924. The first kappa shape index (κ1) is 22.6. The molecule has 7 heteroatoms. The fraction of sp³-hybridized carbons (Fsp3) is 0.550. The number of rotatable bonds is 10. The second kappa shape index (κ2) is 11.3. The quantitative estimate of drug-likeness (QED) is 0.454. The van der Waals surface area contributed by atoms with E-state index < -0.39 is 11.6 Å². The third-order valence-electron chi connectivity index (χ3n) is 3.72. The predicted octanol–water partition coefficient (Wildman–Crippen LogP) is 0.874. The highest BCUT2D eigenvalue weighted by Crippen LogP contribution is 2.04. The number of carbonyl (C=O) groups excluding carboxylic acids is 3. The molecule has 0 unspecified atom stereocenters. The summed E-state index contributed by atoms with van der Waals surface area (Å²) in [7, 11) is 0. The number of aryl methyl sites for hydroxylation is 1. The van der Waals surface area contributed by atoms with Crippen molar-refractivity contribution < 1.29 is 14.4 Å². The molecule has 0 aliphatic carbocycles. The van der Waals surface area contributed by atoms with Crippen molar-refractivity contribution in [1.29, 1.82) is 0 Å². The monoisotopic (exact) mass is 376 g/mol. The minimum Gasteiger partial charge on any atom is -0.354 e. The number of carbonyl (C=O) groups is 3. The molecule has 0 saturated heterocycles. The average molecular weight is 377 g/mol. The molecule has 0 radical (unpaired) electrons. The van der Waals surface area contributed by atoms with Crippen LogP contribution in [0.5, 0.6) is 0 Å². The van der Waals surface area contributed by atoms with Gasteiger partial charge in [0.25, 0.3) is 0 Å². The van der Waals surface area contributed by atoms with E-state index in [2.05, 4.69) is 16.0 Å². The molecule has 1 rings (SSSR count). The highest BCUT2D eigenvalue weighted by Gasteiger charge is 2.25. The first-order valence-corrected chi connectivity index (χ1v) is 9.33. The number of amides is 3. The summed E-state index contributed by atoms with van der Waals surface area (Å²) in [6.07, 6.45) is 1.34. The van der Waals surface area contributed by atoms with Gasteiger partial charge in [-0.05, 0) is 45.7 Å². The van der Waals surface area contributed by atoms with Crippen LogP contribution in [0.15, 0.2) is 30.3 Å². The van der Waals surface area contributed by atoms with Gasteiger partial charge in [-0.2, -0.15) is 0 Å². The van der Waals surface area contributed by atoms with Gasteiger partial charge in [0, 0.05) is 18.5 Å². The van der Waals surface area contributed by atoms with Crippen molar-refractivity contribution in [1.82, 2.24) is 16.0 Å². The van der Waals surface area contributed by atoms with Gasteiger partial charge in [-0.15, -0.1) is 0 Å². The molecule has 0 aliphatic heterocycles. The Bertz CT molecular complexity index is 611. The Morgan fingerprint density at radius 1 is 1.07 bits per heavy atom. The van der Waals surface area contributed by atoms with Crippen molar-refractivity contribution in [2.24, 2.45) is 5.73 Å². The molecule has 7 nitrogen and oxygen atoms in total. The molecule has 0 fully saturated rings. The van der Waals surface area contributed by atoms with Gasteiger partial charge < -0.3 is 21.7 Å². The number of nitrogens with one attached hydrogen (secondary N) is 3. The summed E-state index contributed by atoms with van der Waals surface area (Å²) in [4.78, 5) is 36.9. The molecule has 1 aromatic carbocycles. The smallest absolute Gasteiger partial charge is 0.243 e. The topological polar surface area (TPSA) is 113 Å². The van der Waals surface area contributed by atoms with Gasteiger partial charge in [0.2, 0.25) is 17.7 Å². The van der Waals surface area contributed by atoms with E-state index in [9.17, 15) is 14.4 Å². The molecular weight excluding hydrogens is 344 g/mol. The fourth-order valence-corrected chi connectivity index (χ4v) is 2.47. The Hall–Kier alpha value is -2.41. The van der Waals surface area contributed by atoms with E-state index in [1.165, 1.54) is 0 Å². The fourth-order valence-electron chi connectivity index (χ4n) is 2.47. The highest BCUT2D eigenvalue weighted by atomic mass is 16.2. The van der Waals surface area contributed by atoms with Crippen LogP contribution >= 0.6 is 0 Å². The lowest BCUT2D eigenvalue weighted by atomic mass is 10.1. The summed E-state index contributed by atoms with van der Waals surface area (Å²) in [6.45, 7) is 6.45. The third kappa shape index (κ3) is 10.4. The van der Waals surface area contributed by atoms with Crippen LogP contribution in [0.3, 0.4) is 0 Å². The SMILES string of the molecule is CC(C)(C)NC(=O)C[C@H](NC(=O)CCc1ccccc1)C(=O)NCCCN. The van der Waals surface area contributed by atoms with E-state index in [4.69, 9.17) is 5.73 Å². The first-order chi connectivity index (χ1) is 12.7. The second-order valence-corrected chi connectivity index (χ2v) is 7.54. The number of hydrogen-bond acceptors (Lipinski definition) is 4. The Morgan fingerprint density at radius 3 is 2.33 bits per heavy atom. The summed E-state index contributed by atoms with van der Waals surface area (Å²) in [6, 6.07) is 8.73. The number of hydrogen-bond donors (Lipinski definition) is 4. The zero-order valence-electron chi connectivity index (χ0n) is 16.5. The first-order valence-electron chi connectivity index (χ1n) is 9.33. The number of benzene rings is 1. The van der Waals surface area contributed by atoms with Crippen molar-refractivity contribution in [2.45, 2.75) is 58.0 Å². The normalized spacial score (nSPS) is 12.1. The van der Waals surface area contributed by atoms with E-state index in [0.29, 0.717) is 25.9 Å². The Kier molecular flexibility index (Phi) is 9.50. The van der Waals surface area contributed by atoms with Crippen molar-refractivity contribution in [2.75, 3.05) is 13.1 Å². The van der Waals surface area contributed by atoms with Gasteiger partial charge in [-0.25, -0.2) is 0 Å². The summed E-state index contributed by atoms with van der Waals surface area (Å²) in [5.41, 5.74) is 6.07. The second-order valence-electron chi connectivity index (χ2n) is 7.54. The third-order valence-corrected chi connectivity index (χ3v) is 3.72. The van der Waals surface area contributed by atoms with Crippen LogP contribution in [-0.2, 0) is 20.8 Å². The van der Waals surface area contributed by atoms with Crippen molar-refractivity contribution in [3.8, 4) is 0 Å². The minimum atomic E-state index is -0.909. The maximum absolute atomic E-state index is 12.4. The Morgan fingerprint density at radius 2 is 1.74 bits per heavy atom. The van der Waals surface area contributed by atoms with Gasteiger partial charge in [-0.3, -0.25) is 14.4 Å². The molecule has 0 bridgehead atoms. The molecule has 0 heterocycles. The molecule has 0 spiro atoms. The molecule has 0 aromatic heterocycles. The van der Waals surface area contributed by atoms with Crippen LogP contribution in [-0.4, -0.2) is 42.4 Å². The van der Waals surface area contributed by atoms with Crippen molar-refractivity contribution in [3.05, 3.63) is 35.9 Å². The van der Waals surface area contributed by atoms with Crippen molar-refractivity contribution in [3.63, 3.8) is 0 Å². The van der Waals surface area contributed by atoms with Gasteiger partial charge in [-0.1, -0.05) is 30.3 Å². The van der Waals surface area contributed by atoms with E-state index in [0.717, 1.165) is 5.56 Å². The zero-order valence-corrected chi connectivity index (χ0v) is 16.5. The predicted molar refractivity (Wildman–Crippen MR) is 106 cm³/mol. The van der Waals surface area contributed by atoms with Gasteiger partial charge in [0.05, 0.1) is 6.42 Å². The van der Waals surface area contributed by atoms with Crippen LogP contribution in [0, 0.1) is 0 Å². The molecule has 3 amide bonds. The lowest BCUT2D eigenvalue weighted by molar-refractivity contribution is -0.132. The Labute approximate surface area is 161 Å². The molecule has 0 aliphatic rings. The largest absolute Gasteiger partial charge is 0.354 e. The van der Waals surface area contributed by atoms with Gasteiger partial charge >= 0.3 is 0 Å². The van der Waals surface area contributed by atoms with E-state index >= 15 is 0 Å². The van der Waals surface area contributed by atoms with Gasteiger partial charge in [0.15, 0.2) is 0 Å². The van der Waals surface area contributed by atoms with Crippen LogP contribution in [0.1, 0.15) is 45.6 Å². The lowest BCUT2D eigenvalue weighted by Crippen LogP contribution is -2.51. The molecule has 0 saturated carbocycles. The molecule has 27 heavy (non-hydrogen) atoms. The maximum atomic E-state index is 12.4. The van der Waals surface area contributed by atoms with E-state index in [-0.39, 0.29) is 30.6 Å². The van der Waals surface area contributed by atoms with Crippen LogP contribution in [0.4, 0.5) is 0 Å². The molecule has 1 aromatic rings. The van der Waals surface area contributed by atoms with E-state index in [1.54, 1.807) is 0 Å². The minimum absolute atomic E-state index is 0.108. The van der Waals surface area contributed by atoms with Crippen molar-refractivity contribution >= 4 is 17.7 Å². The average Bonchev–Trinajstić information content (AvgIpc) is 2.59. The summed E-state index contributed by atoms with van der Waals surface area (Å²) in [5, 5.41) is 8.22. The van der Waals surface area contributed by atoms with E-state index in [1.807, 2.05) is 51.1 Å². The highest BCUT2D eigenvalue weighted by molar-refractivity contribution is 5.92. The summed E-state index contributed by atoms with van der Waals surface area (Å²) < 4.78 is 0.